The second-order valence-corrected chi connectivity index (χ2v) is 4.27. The van der Waals surface area contributed by atoms with Gasteiger partial charge in [0.1, 0.15) is 11.9 Å². The zero-order chi connectivity index (χ0) is 12.3. The summed E-state index contributed by atoms with van der Waals surface area (Å²) in [6, 6.07) is 4.46. The van der Waals surface area contributed by atoms with Crippen molar-refractivity contribution in [2.75, 3.05) is 24.7 Å². The second-order valence-electron chi connectivity index (χ2n) is 4.27. The standard InChI is InChI=1S/C13H17N3O/c1-3-11-9-17-7-6-16(11)13-12(8-14)10(2)4-5-15-13/h4-5,11H,3,6-7,9H2,1-2H3. The molecule has 1 unspecified atom stereocenters. The Morgan fingerprint density at radius 1 is 1.65 bits per heavy atom. The summed E-state index contributed by atoms with van der Waals surface area (Å²) >= 11 is 0. The smallest absolute Gasteiger partial charge is 0.147 e. The summed E-state index contributed by atoms with van der Waals surface area (Å²) in [5.74, 6) is 0.808. The van der Waals surface area contributed by atoms with E-state index in [4.69, 9.17) is 4.74 Å². The predicted octanol–water partition coefficient (Wildman–Crippen LogP) is 1.88. The first-order valence-electron chi connectivity index (χ1n) is 5.98. The maximum absolute atomic E-state index is 9.24. The van der Waals surface area contributed by atoms with Crippen LogP contribution >= 0.6 is 0 Å². The van der Waals surface area contributed by atoms with Crippen LogP contribution in [0.2, 0.25) is 0 Å². The third-order valence-electron chi connectivity index (χ3n) is 3.22. The lowest BCUT2D eigenvalue weighted by molar-refractivity contribution is 0.0925. The topological polar surface area (TPSA) is 49.1 Å². The number of rotatable bonds is 2. The Hall–Kier alpha value is -1.60. The van der Waals surface area contributed by atoms with E-state index in [1.54, 1.807) is 6.20 Å². The van der Waals surface area contributed by atoms with E-state index in [1.807, 2.05) is 13.0 Å². The van der Waals surface area contributed by atoms with Crippen LogP contribution < -0.4 is 4.90 Å². The highest BCUT2D eigenvalue weighted by atomic mass is 16.5. The molecule has 0 aromatic carbocycles. The first-order chi connectivity index (χ1) is 8.27. The van der Waals surface area contributed by atoms with E-state index in [0.717, 1.165) is 31.0 Å². The Kier molecular flexibility index (Phi) is 3.60. The molecule has 0 bridgehead atoms. The van der Waals surface area contributed by atoms with Crippen LogP contribution in [0.15, 0.2) is 12.3 Å². The first kappa shape index (κ1) is 11.9. The van der Waals surface area contributed by atoms with Gasteiger partial charge in [0.05, 0.1) is 24.8 Å². The molecular weight excluding hydrogens is 214 g/mol. The lowest BCUT2D eigenvalue weighted by atomic mass is 10.1. The predicted molar refractivity (Wildman–Crippen MR) is 65.9 cm³/mol. The van der Waals surface area contributed by atoms with Crippen molar-refractivity contribution in [3.63, 3.8) is 0 Å². The Balaban J connectivity index is 2.38. The number of morpholine rings is 1. The minimum atomic E-state index is 0.324. The molecule has 0 N–H and O–H groups in total. The van der Waals surface area contributed by atoms with Gasteiger partial charge < -0.3 is 9.64 Å². The van der Waals surface area contributed by atoms with Crippen LogP contribution in [-0.4, -0.2) is 30.8 Å². The summed E-state index contributed by atoms with van der Waals surface area (Å²) in [4.78, 5) is 6.58. The molecule has 0 radical (unpaired) electrons. The van der Waals surface area contributed by atoms with Gasteiger partial charge >= 0.3 is 0 Å². The molecule has 0 saturated carbocycles. The molecule has 2 rings (SSSR count). The first-order valence-corrected chi connectivity index (χ1v) is 5.98. The van der Waals surface area contributed by atoms with Gasteiger partial charge in [-0.3, -0.25) is 0 Å². The summed E-state index contributed by atoms with van der Waals surface area (Å²) in [5, 5.41) is 9.24. The van der Waals surface area contributed by atoms with Crippen LogP contribution in [0.1, 0.15) is 24.5 Å². The molecular formula is C13H17N3O. The fourth-order valence-electron chi connectivity index (χ4n) is 2.17. The number of nitriles is 1. The van der Waals surface area contributed by atoms with E-state index in [0.29, 0.717) is 18.2 Å². The summed E-state index contributed by atoms with van der Waals surface area (Å²) in [6.07, 6.45) is 2.77. The highest BCUT2D eigenvalue weighted by Crippen LogP contribution is 2.24. The van der Waals surface area contributed by atoms with Crippen molar-refractivity contribution in [1.29, 1.82) is 5.26 Å². The maximum atomic E-state index is 9.24. The zero-order valence-corrected chi connectivity index (χ0v) is 10.3. The number of ether oxygens (including phenoxy) is 1. The van der Waals surface area contributed by atoms with Crippen LogP contribution in [-0.2, 0) is 4.74 Å². The molecule has 4 heteroatoms. The Morgan fingerprint density at radius 2 is 2.47 bits per heavy atom. The van der Waals surface area contributed by atoms with Gasteiger partial charge in [0, 0.05) is 12.7 Å². The largest absolute Gasteiger partial charge is 0.377 e. The average Bonchev–Trinajstić information content (AvgIpc) is 2.38. The minimum absolute atomic E-state index is 0.324. The summed E-state index contributed by atoms with van der Waals surface area (Å²) in [6.45, 7) is 6.32. The Bertz CT molecular complexity index is 439. The van der Waals surface area contributed by atoms with Gasteiger partial charge in [-0.2, -0.15) is 5.26 Å². The zero-order valence-electron chi connectivity index (χ0n) is 10.3. The number of aryl methyl sites for hydroxylation is 1. The van der Waals surface area contributed by atoms with Crippen LogP contribution in [0.5, 0.6) is 0 Å². The van der Waals surface area contributed by atoms with E-state index in [1.165, 1.54) is 0 Å². The van der Waals surface area contributed by atoms with E-state index in [9.17, 15) is 5.26 Å². The SMILES string of the molecule is CCC1COCCN1c1nccc(C)c1C#N. The van der Waals surface area contributed by atoms with Crippen molar-refractivity contribution in [2.45, 2.75) is 26.3 Å². The van der Waals surface area contributed by atoms with Crippen molar-refractivity contribution in [2.24, 2.45) is 0 Å². The average molecular weight is 231 g/mol. The molecule has 0 amide bonds. The Morgan fingerprint density at radius 3 is 3.18 bits per heavy atom. The number of hydrogen-bond donors (Lipinski definition) is 0. The van der Waals surface area contributed by atoms with Gasteiger partial charge in [-0.05, 0) is 25.0 Å². The quantitative estimate of drug-likeness (QED) is 0.779. The third kappa shape index (κ3) is 2.25. The summed E-state index contributed by atoms with van der Waals surface area (Å²) in [7, 11) is 0. The molecule has 4 nitrogen and oxygen atoms in total. The maximum Gasteiger partial charge on any atom is 0.147 e. The molecule has 0 aliphatic carbocycles. The minimum Gasteiger partial charge on any atom is -0.377 e. The highest BCUT2D eigenvalue weighted by Gasteiger charge is 2.25. The van der Waals surface area contributed by atoms with E-state index in [2.05, 4.69) is 22.9 Å². The summed E-state index contributed by atoms with van der Waals surface area (Å²) < 4.78 is 5.48. The lowest BCUT2D eigenvalue weighted by Gasteiger charge is -2.36. The van der Waals surface area contributed by atoms with Crippen LogP contribution in [0.25, 0.3) is 0 Å². The number of pyridine rings is 1. The van der Waals surface area contributed by atoms with Crippen molar-refractivity contribution in [1.82, 2.24) is 4.98 Å². The van der Waals surface area contributed by atoms with Crippen molar-refractivity contribution >= 4 is 5.82 Å². The van der Waals surface area contributed by atoms with Crippen LogP contribution in [0, 0.1) is 18.3 Å². The van der Waals surface area contributed by atoms with Crippen LogP contribution in [0.3, 0.4) is 0 Å². The van der Waals surface area contributed by atoms with Gasteiger partial charge in [-0.15, -0.1) is 0 Å². The molecule has 1 saturated heterocycles. The number of nitrogens with zero attached hydrogens (tertiary/aromatic N) is 3. The second kappa shape index (κ2) is 5.15. The van der Waals surface area contributed by atoms with Gasteiger partial charge in [-0.25, -0.2) is 4.98 Å². The van der Waals surface area contributed by atoms with Crippen molar-refractivity contribution in [3.05, 3.63) is 23.4 Å². The van der Waals surface area contributed by atoms with Gasteiger partial charge in [-0.1, -0.05) is 6.92 Å². The monoisotopic (exact) mass is 231 g/mol. The molecule has 17 heavy (non-hydrogen) atoms. The molecule has 2 heterocycles. The molecule has 1 aliphatic heterocycles. The summed E-state index contributed by atoms with van der Waals surface area (Å²) in [5.41, 5.74) is 1.67. The third-order valence-corrected chi connectivity index (χ3v) is 3.22. The number of hydrogen-bond acceptors (Lipinski definition) is 4. The van der Waals surface area contributed by atoms with Gasteiger partial charge in [0.15, 0.2) is 0 Å². The fourth-order valence-corrected chi connectivity index (χ4v) is 2.17. The van der Waals surface area contributed by atoms with E-state index < -0.39 is 0 Å². The number of anilines is 1. The molecule has 1 aromatic heterocycles. The molecule has 1 aromatic rings. The van der Waals surface area contributed by atoms with Gasteiger partial charge in [0.25, 0.3) is 0 Å². The molecule has 90 valence electrons. The van der Waals surface area contributed by atoms with Crippen LogP contribution in [0.4, 0.5) is 5.82 Å². The van der Waals surface area contributed by atoms with E-state index >= 15 is 0 Å². The normalized spacial score (nSPS) is 20.1. The number of aromatic nitrogens is 1. The molecule has 1 atom stereocenters. The fraction of sp³-hybridized carbons (Fsp3) is 0.538. The molecule has 0 spiro atoms. The molecule has 1 fully saturated rings. The molecule has 1 aliphatic rings. The van der Waals surface area contributed by atoms with Gasteiger partial charge in [0.2, 0.25) is 0 Å². The van der Waals surface area contributed by atoms with Crippen molar-refractivity contribution < 1.29 is 4.74 Å². The van der Waals surface area contributed by atoms with E-state index in [-0.39, 0.29) is 0 Å². The Labute approximate surface area is 102 Å². The lowest BCUT2D eigenvalue weighted by Crippen LogP contribution is -2.46. The van der Waals surface area contributed by atoms with Crippen molar-refractivity contribution in [3.8, 4) is 6.07 Å². The highest BCUT2D eigenvalue weighted by molar-refractivity contribution is 5.57.